The Morgan fingerprint density at radius 2 is 1.93 bits per heavy atom. The number of likely N-dealkylation sites (tertiary alicyclic amines) is 1. The molecule has 2 atom stereocenters. The first-order valence-corrected chi connectivity index (χ1v) is 10.2. The van der Waals surface area contributed by atoms with Crippen LogP contribution in [0.15, 0.2) is 48.5 Å². The number of carbonyl (C=O) groups is 1. The Balaban J connectivity index is 1.80. The van der Waals surface area contributed by atoms with Crippen molar-refractivity contribution in [2.45, 2.75) is 32.4 Å². The lowest BCUT2D eigenvalue weighted by Crippen LogP contribution is -2.42. The highest BCUT2D eigenvalue weighted by atomic mass is 35.5. The molecule has 3 rings (SSSR count). The third kappa shape index (κ3) is 4.84. The molecule has 1 fully saturated rings. The van der Waals surface area contributed by atoms with E-state index in [2.05, 4.69) is 24.0 Å². The molecule has 1 aliphatic heterocycles. The van der Waals surface area contributed by atoms with Gasteiger partial charge < -0.3 is 4.90 Å². The van der Waals surface area contributed by atoms with Crippen molar-refractivity contribution in [3.05, 3.63) is 69.7 Å². The highest BCUT2D eigenvalue weighted by Crippen LogP contribution is 2.31. The fraction of sp³-hybridized carbons (Fsp3) is 0.409. The minimum absolute atomic E-state index is 0.0435. The molecule has 0 spiro atoms. The van der Waals surface area contributed by atoms with Gasteiger partial charge in [0.25, 0.3) is 0 Å². The molecular formula is C22H26Cl2N2O. The molecule has 0 N–H and O–H groups in total. The monoisotopic (exact) mass is 404 g/mol. The van der Waals surface area contributed by atoms with E-state index in [0.717, 1.165) is 24.2 Å². The molecule has 1 aliphatic rings. The topological polar surface area (TPSA) is 23.6 Å². The molecule has 0 radical (unpaired) electrons. The summed E-state index contributed by atoms with van der Waals surface area (Å²) in [7, 11) is 1.90. The largest absolute Gasteiger partial charge is 0.325 e. The zero-order chi connectivity index (χ0) is 19.4. The summed E-state index contributed by atoms with van der Waals surface area (Å²) in [4.78, 5) is 17.4. The van der Waals surface area contributed by atoms with Gasteiger partial charge in [-0.2, -0.15) is 0 Å². The Bertz CT molecular complexity index is 781. The lowest BCUT2D eigenvalue weighted by atomic mass is 10.1. The predicted molar refractivity (Wildman–Crippen MR) is 112 cm³/mol. The molecule has 1 heterocycles. The second-order valence-corrected chi connectivity index (χ2v) is 8.09. The van der Waals surface area contributed by atoms with Crippen LogP contribution in [0.2, 0.25) is 10.0 Å². The van der Waals surface area contributed by atoms with Crippen LogP contribution in [0, 0.1) is 5.92 Å². The second kappa shape index (κ2) is 9.09. The standard InChI is InChI=1S/C22H26Cl2N2O/c1-3-16-11-12-26(15-16)22(18-7-5-4-6-8-18)25(2)21(27)14-17-9-10-19(23)20(24)13-17/h4-10,13,16,22H,3,11-12,14-15H2,1-2H3/t16-,22+/m0/s1. The van der Waals surface area contributed by atoms with E-state index in [-0.39, 0.29) is 12.1 Å². The molecule has 2 aromatic rings. The summed E-state index contributed by atoms with van der Waals surface area (Å²) in [6.45, 7) is 4.29. The number of nitrogens with zero attached hydrogens (tertiary/aromatic N) is 2. The van der Waals surface area contributed by atoms with E-state index in [9.17, 15) is 4.79 Å². The maximum atomic E-state index is 13.1. The van der Waals surface area contributed by atoms with Crippen LogP contribution in [0.3, 0.4) is 0 Å². The molecule has 0 saturated carbocycles. The Morgan fingerprint density at radius 1 is 1.19 bits per heavy atom. The van der Waals surface area contributed by atoms with Crippen LogP contribution in [0.5, 0.6) is 0 Å². The van der Waals surface area contributed by atoms with Crippen molar-refractivity contribution in [1.82, 2.24) is 9.80 Å². The summed E-state index contributed by atoms with van der Waals surface area (Å²) in [5.74, 6) is 0.775. The van der Waals surface area contributed by atoms with Gasteiger partial charge in [-0.25, -0.2) is 0 Å². The molecule has 2 aromatic carbocycles. The van der Waals surface area contributed by atoms with Gasteiger partial charge in [0.1, 0.15) is 6.17 Å². The Morgan fingerprint density at radius 3 is 2.56 bits per heavy atom. The van der Waals surface area contributed by atoms with Crippen molar-refractivity contribution in [2.24, 2.45) is 5.92 Å². The van der Waals surface area contributed by atoms with Gasteiger partial charge in [0.2, 0.25) is 5.91 Å². The first-order valence-electron chi connectivity index (χ1n) is 9.48. The van der Waals surface area contributed by atoms with Gasteiger partial charge in [-0.1, -0.05) is 72.9 Å². The van der Waals surface area contributed by atoms with E-state index in [1.54, 1.807) is 12.1 Å². The fourth-order valence-corrected chi connectivity index (χ4v) is 4.13. The second-order valence-electron chi connectivity index (χ2n) is 7.27. The van der Waals surface area contributed by atoms with E-state index in [1.807, 2.05) is 36.2 Å². The third-order valence-corrected chi connectivity index (χ3v) is 6.18. The number of halogens is 2. The van der Waals surface area contributed by atoms with Crippen molar-refractivity contribution < 1.29 is 4.79 Å². The Labute approximate surface area is 171 Å². The van der Waals surface area contributed by atoms with Gasteiger partial charge in [-0.05, 0) is 35.6 Å². The minimum atomic E-state index is -0.0435. The van der Waals surface area contributed by atoms with Crippen molar-refractivity contribution in [1.29, 1.82) is 0 Å². The number of likely N-dealkylation sites (N-methyl/N-ethyl adjacent to an activating group) is 1. The summed E-state index contributed by atoms with van der Waals surface area (Å²) < 4.78 is 0. The van der Waals surface area contributed by atoms with E-state index in [0.29, 0.717) is 22.4 Å². The molecule has 5 heteroatoms. The quantitative estimate of drug-likeness (QED) is 0.640. The summed E-state index contributed by atoms with van der Waals surface area (Å²) >= 11 is 12.1. The highest BCUT2D eigenvalue weighted by molar-refractivity contribution is 6.42. The summed E-state index contributed by atoms with van der Waals surface area (Å²) in [5, 5.41) is 0.987. The maximum absolute atomic E-state index is 13.1. The van der Waals surface area contributed by atoms with Gasteiger partial charge in [0.15, 0.2) is 0 Å². The zero-order valence-corrected chi connectivity index (χ0v) is 17.4. The normalized spacial score (nSPS) is 18.4. The van der Waals surface area contributed by atoms with Gasteiger partial charge in [-0.3, -0.25) is 9.69 Å². The fourth-order valence-electron chi connectivity index (χ4n) is 3.81. The molecule has 27 heavy (non-hydrogen) atoms. The average Bonchev–Trinajstić information content (AvgIpc) is 3.14. The van der Waals surface area contributed by atoms with Gasteiger partial charge in [-0.15, -0.1) is 0 Å². The van der Waals surface area contributed by atoms with E-state index < -0.39 is 0 Å². The molecule has 3 nitrogen and oxygen atoms in total. The van der Waals surface area contributed by atoms with E-state index in [4.69, 9.17) is 23.2 Å². The van der Waals surface area contributed by atoms with Crippen molar-refractivity contribution >= 4 is 29.1 Å². The van der Waals surface area contributed by atoms with Crippen molar-refractivity contribution in [2.75, 3.05) is 20.1 Å². The number of hydrogen-bond acceptors (Lipinski definition) is 2. The van der Waals surface area contributed by atoms with E-state index >= 15 is 0 Å². The van der Waals surface area contributed by atoms with Crippen LogP contribution in [0.1, 0.15) is 37.1 Å². The zero-order valence-electron chi connectivity index (χ0n) is 15.9. The summed E-state index contributed by atoms with van der Waals surface area (Å²) in [5.41, 5.74) is 2.03. The molecular weight excluding hydrogens is 379 g/mol. The number of carbonyl (C=O) groups excluding carboxylic acids is 1. The molecule has 144 valence electrons. The lowest BCUT2D eigenvalue weighted by Gasteiger charge is -2.36. The number of hydrogen-bond donors (Lipinski definition) is 0. The average molecular weight is 405 g/mol. The number of rotatable bonds is 6. The number of amides is 1. The van der Waals surface area contributed by atoms with Gasteiger partial charge >= 0.3 is 0 Å². The molecule has 1 amide bonds. The molecule has 0 unspecified atom stereocenters. The SMILES string of the molecule is CC[C@H]1CCN([C@H](c2ccccc2)N(C)C(=O)Cc2ccc(Cl)c(Cl)c2)C1. The summed E-state index contributed by atoms with van der Waals surface area (Å²) in [6, 6.07) is 15.7. The Kier molecular flexibility index (Phi) is 6.80. The number of benzene rings is 2. The van der Waals surface area contributed by atoms with Gasteiger partial charge in [0.05, 0.1) is 16.5 Å². The van der Waals surface area contributed by atoms with Crippen LogP contribution in [0.25, 0.3) is 0 Å². The molecule has 0 aliphatic carbocycles. The molecule has 0 bridgehead atoms. The Hall–Kier alpha value is -1.55. The highest BCUT2D eigenvalue weighted by Gasteiger charge is 2.32. The van der Waals surface area contributed by atoms with Crippen LogP contribution in [-0.2, 0) is 11.2 Å². The molecule has 1 saturated heterocycles. The lowest BCUT2D eigenvalue weighted by molar-refractivity contribution is -0.135. The third-order valence-electron chi connectivity index (χ3n) is 5.44. The van der Waals surface area contributed by atoms with Crippen LogP contribution >= 0.6 is 23.2 Å². The first kappa shape index (κ1) is 20.2. The van der Waals surface area contributed by atoms with Crippen LogP contribution < -0.4 is 0 Å². The van der Waals surface area contributed by atoms with Crippen molar-refractivity contribution in [3.63, 3.8) is 0 Å². The predicted octanol–water partition coefficient (Wildman–Crippen LogP) is 5.43. The van der Waals surface area contributed by atoms with Crippen molar-refractivity contribution in [3.8, 4) is 0 Å². The summed E-state index contributed by atoms with van der Waals surface area (Å²) in [6.07, 6.45) is 2.63. The van der Waals surface area contributed by atoms with Gasteiger partial charge in [0, 0.05) is 20.1 Å². The van der Waals surface area contributed by atoms with Crippen LogP contribution in [-0.4, -0.2) is 35.8 Å². The van der Waals surface area contributed by atoms with E-state index in [1.165, 1.54) is 12.8 Å². The van der Waals surface area contributed by atoms with Crippen LogP contribution in [0.4, 0.5) is 0 Å². The maximum Gasteiger partial charge on any atom is 0.228 e. The smallest absolute Gasteiger partial charge is 0.228 e. The molecule has 0 aromatic heterocycles. The minimum Gasteiger partial charge on any atom is -0.325 e. The first-order chi connectivity index (χ1) is 13.0.